The highest BCUT2D eigenvalue weighted by Crippen LogP contribution is 2.18. The SMILES string of the molecule is CCc1ccc(C(=O)[O-])cc1Br. The van der Waals surface area contributed by atoms with Gasteiger partial charge in [-0.1, -0.05) is 35.0 Å². The van der Waals surface area contributed by atoms with Crippen LogP contribution in [0.2, 0.25) is 0 Å². The zero-order valence-electron chi connectivity index (χ0n) is 6.63. The summed E-state index contributed by atoms with van der Waals surface area (Å²) in [5.74, 6) is -1.14. The maximum Gasteiger partial charge on any atom is 0.0715 e. The van der Waals surface area contributed by atoms with Crippen LogP contribution in [-0.4, -0.2) is 5.97 Å². The topological polar surface area (TPSA) is 40.1 Å². The molecule has 2 nitrogen and oxygen atoms in total. The zero-order chi connectivity index (χ0) is 9.14. The molecule has 0 saturated heterocycles. The van der Waals surface area contributed by atoms with E-state index < -0.39 is 5.97 Å². The standard InChI is InChI=1S/C9H9BrO2/c1-2-6-3-4-7(9(11)12)5-8(6)10/h3-5H,2H2,1H3,(H,11,12)/p-1. The molecule has 12 heavy (non-hydrogen) atoms. The number of benzene rings is 1. The molecular formula is C9H8BrO2-. The van der Waals surface area contributed by atoms with Gasteiger partial charge in [-0.05, 0) is 23.6 Å². The van der Waals surface area contributed by atoms with Crippen LogP contribution in [0.3, 0.4) is 0 Å². The number of carbonyl (C=O) groups excluding carboxylic acids is 1. The molecule has 0 heterocycles. The third-order valence-electron chi connectivity index (χ3n) is 1.67. The molecular weight excluding hydrogens is 220 g/mol. The van der Waals surface area contributed by atoms with Crippen molar-refractivity contribution in [2.24, 2.45) is 0 Å². The summed E-state index contributed by atoms with van der Waals surface area (Å²) in [6.07, 6.45) is 0.883. The van der Waals surface area contributed by atoms with Gasteiger partial charge in [0.1, 0.15) is 0 Å². The van der Waals surface area contributed by atoms with Gasteiger partial charge in [0.2, 0.25) is 0 Å². The summed E-state index contributed by atoms with van der Waals surface area (Å²) in [5, 5.41) is 10.4. The lowest BCUT2D eigenvalue weighted by molar-refractivity contribution is -0.255. The van der Waals surface area contributed by atoms with Crippen molar-refractivity contribution in [3.63, 3.8) is 0 Å². The molecule has 0 fully saturated rings. The van der Waals surface area contributed by atoms with Crippen LogP contribution in [0, 0.1) is 0 Å². The second kappa shape index (κ2) is 3.72. The number of hydrogen-bond acceptors (Lipinski definition) is 2. The van der Waals surface area contributed by atoms with E-state index in [1.54, 1.807) is 18.2 Å². The van der Waals surface area contributed by atoms with Crippen LogP contribution in [0.15, 0.2) is 22.7 Å². The fraction of sp³-hybridized carbons (Fsp3) is 0.222. The van der Waals surface area contributed by atoms with Crippen molar-refractivity contribution in [2.75, 3.05) is 0 Å². The highest BCUT2D eigenvalue weighted by atomic mass is 79.9. The van der Waals surface area contributed by atoms with Crippen molar-refractivity contribution in [2.45, 2.75) is 13.3 Å². The fourth-order valence-corrected chi connectivity index (χ4v) is 1.62. The third-order valence-corrected chi connectivity index (χ3v) is 2.41. The first kappa shape index (κ1) is 9.26. The molecule has 0 unspecified atom stereocenters. The molecule has 3 heteroatoms. The van der Waals surface area contributed by atoms with Gasteiger partial charge in [0.25, 0.3) is 0 Å². The van der Waals surface area contributed by atoms with E-state index in [0.717, 1.165) is 16.5 Å². The molecule has 1 rings (SSSR count). The minimum absolute atomic E-state index is 0.207. The van der Waals surface area contributed by atoms with Crippen LogP contribution >= 0.6 is 15.9 Å². The highest BCUT2D eigenvalue weighted by Gasteiger charge is 1.99. The average molecular weight is 228 g/mol. The van der Waals surface area contributed by atoms with E-state index in [-0.39, 0.29) is 5.56 Å². The molecule has 0 atom stereocenters. The van der Waals surface area contributed by atoms with Crippen LogP contribution in [0.4, 0.5) is 0 Å². The van der Waals surface area contributed by atoms with Crippen LogP contribution in [0.25, 0.3) is 0 Å². The molecule has 0 aromatic heterocycles. The summed E-state index contributed by atoms with van der Waals surface area (Å²) in [6.45, 7) is 2.01. The number of aromatic carboxylic acids is 1. The summed E-state index contributed by atoms with van der Waals surface area (Å²) in [6, 6.07) is 4.91. The molecule has 64 valence electrons. The Kier molecular flexibility index (Phi) is 2.87. The number of carboxylic acids is 1. The number of rotatable bonds is 2. The zero-order valence-corrected chi connectivity index (χ0v) is 8.22. The van der Waals surface area contributed by atoms with Gasteiger partial charge in [-0.25, -0.2) is 0 Å². The van der Waals surface area contributed by atoms with Gasteiger partial charge in [-0.2, -0.15) is 0 Å². The first-order valence-electron chi connectivity index (χ1n) is 3.65. The predicted molar refractivity (Wildman–Crippen MR) is 47.9 cm³/mol. The lowest BCUT2D eigenvalue weighted by Gasteiger charge is -2.05. The maximum atomic E-state index is 10.4. The summed E-state index contributed by atoms with van der Waals surface area (Å²) < 4.78 is 0.826. The van der Waals surface area contributed by atoms with Gasteiger partial charge in [-0.15, -0.1) is 0 Å². The Hall–Kier alpha value is -0.830. The number of carbonyl (C=O) groups is 1. The number of carboxylic acid groups (broad SMARTS) is 1. The molecule has 0 radical (unpaired) electrons. The summed E-state index contributed by atoms with van der Waals surface area (Å²) in [4.78, 5) is 10.4. The minimum Gasteiger partial charge on any atom is -0.545 e. The summed E-state index contributed by atoms with van der Waals surface area (Å²) >= 11 is 3.28. The van der Waals surface area contributed by atoms with Crippen LogP contribution < -0.4 is 5.11 Å². The average Bonchev–Trinajstić information content (AvgIpc) is 2.04. The van der Waals surface area contributed by atoms with Crippen molar-refractivity contribution in [3.8, 4) is 0 Å². The lowest BCUT2D eigenvalue weighted by atomic mass is 10.1. The maximum absolute atomic E-state index is 10.4. The molecule has 0 bridgehead atoms. The fourth-order valence-electron chi connectivity index (χ4n) is 0.961. The molecule has 1 aromatic carbocycles. The van der Waals surface area contributed by atoms with E-state index in [1.807, 2.05) is 6.92 Å². The molecule has 0 spiro atoms. The van der Waals surface area contributed by atoms with Crippen LogP contribution in [0.1, 0.15) is 22.8 Å². The van der Waals surface area contributed by atoms with E-state index in [9.17, 15) is 9.90 Å². The van der Waals surface area contributed by atoms with E-state index in [2.05, 4.69) is 15.9 Å². The first-order valence-corrected chi connectivity index (χ1v) is 4.44. The Morgan fingerprint density at radius 2 is 2.25 bits per heavy atom. The highest BCUT2D eigenvalue weighted by molar-refractivity contribution is 9.10. The van der Waals surface area contributed by atoms with Gasteiger partial charge in [0.15, 0.2) is 0 Å². The Bertz CT molecular complexity index is 307. The molecule has 0 saturated carbocycles. The Morgan fingerprint density at radius 3 is 2.67 bits per heavy atom. The normalized spacial score (nSPS) is 9.83. The van der Waals surface area contributed by atoms with Gasteiger partial charge in [0.05, 0.1) is 5.97 Å². The predicted octanol–water partition coefficient (Wildman–Crippen LogP) is 1.38. The second-order valence-corrected chi connectivity index (χ2v) is 3.30. The van der Waals surface area contributed by atoms with Crippen molar-refractivity contribution >= 4 is 21.9 Å². The van der Waals surface area contributed by atoms with E-state index in [0.29, 0.717) is 0 Å². The summed E-state index contributed by atoms with van der Waals surface area (Å²) in [7, 11) is 0. The molecule has 1 aromatic rings. The summed E-state index contributed by atoms with van der Waals surface area (Å²) in [5.41, 5.74) is 1.30. The van der Waals surface area contributed by atoms with Crippen molar-refractivity contribution in [3.05, 3.63) is 33.8 Å². The van der Waals surface area contributed by atoms with Crippen LogP contribution in [-0.2, 0) is 6.42 Å². The number of hydrogen-bond donors (Lipinski definition) is 0. The smallest absolute Gasteiger partial charge is 0.0715 e. The van der Waals surface area contributed by atoms with Crippen molar-refractivity contribution < 1.29 is 9.90 Å². The van der Waals surface area contributed by atoms with Gasteiger partial charge < -0.3 is 9.90 Å². The molecule has 0 aliphatic heterocycles. The monoisotopic (exact) mass is 227 g/mol. The quantitative estimate of drug-likeness (QED) is 0.766. The van der Waals surface area contributed by atoms with E-state index in [4.69, 9.17) is 0 Å². The van der Waals surface area contributed by atoms with Crippen LogP contribution in [0.5, 0.6) is 0 Å². The van der Waals surface area contributed by atoms with Gasteiger partial charge >= 0.3 is 0 Å². The Morgan fingerprint density at radius 1 is 1.58 bits per heavy atom. The Balaban J connectivity index is 3.10. The Labute approximate surface area is 79.3 Å². The largest absolute Gasteiger partial charge is 0.545 e. The molecule has 0 amide bonds. The first-order chi connectivity index (χ1) is 5.65. The van der Waals surface area contributed by atoms with E-state index >= 15 is 0 Å². The molecule has 0 N–H and O–H groups in total. The minimum atomic E-state index is -1.14. The van der Waals surface area contributed by atoms with Gasteiger partial charge in [0, 0.05) is 4.47 Å². The number of halogens is 1. The number of aryl methyl sites for hydroxylation is 1. The lowest BCUT2D eigenvalue weighted by Crippen LogP contribution is -2.22. The molecule has 0 aliphatic rings. The van der Waals surface area contributed by atoms with Gasteiger partial charge in [-0.3, -0.25) is 0 Å². The second-order valence-electron chi connectivity index (χ2n) is 2.45. The molecule has 0 aliphatic carbocycles. The third kappa shape index (κ3) is 1.85. The van der Waals surface area contributed by atoms with E-state index in [1.165, 1.54) is 0 Å². The van der Waals surface area contributed by atoms with Crippen molar-refractivity contribution in [1.82, 2.24) is 0 Å². The van der Waals surface area contributed by atoms with Crippen molar-refractivity contribution in [1.29, 1.82) is 0 Å².